The highest BCUT2D eigenvalue weighted by Gasteiger charge is 2.13. The first-order valence-corrected chi connectivity index (χ1v) is 6.29. The van der Waals surface area contributed by atoms with Crippen LogP contribution in [0.5, 0.6) is 0 Å². The molecule has 0 aliphatic rings. The van der Waals surface area contributed by atoms with E-state index in [2.05, 4.69) is 20.3 Å². The molecule has 108 valence electrons. The molecule has 4 aromatic rings. The van der Waals surface area contributed by atoms with Crippen molar-refractivity contribution >= 4 is 5.65 Å². The lowest BCUT2D eigenvalue weighted by molar-refractivity contribution is 0.431. The van der Waals surface area contributed by atoms with Crippen LogP contribution < -0.4 is 0 Å². The lowest BCUT2D eigenvalue weighted by Gasteiger charge is -1.96. The van der Waals surface area contributed by atoms with Crippen molar-refractivity contribution in [2.75, 3.05) is 0 Å². The van der Waals surface area contributed by atoms with Gasteiger partial charge in [-0.05, 0) is 30.3 Å². The minimum absolute atomic E-state index is 0.109. The second kappa shape index (κ2) is 4.69. The first-order chi connectivity index (χ1) is 10.7. The minimum atomic E-state index is -0.969. The molecule has 0 saturated carbocycles. The Morgan fingerprint density at radius 3 is 2.73 bits per heavy atom. The van der Waals surface area contributed by atoms with E-state index in [-0.39, 0.29) is 5.89 Å². The number of aromatic nitrogens is 5. The Morgan fingerprint density at radius 2 is 1.86 bits per heavy atom. The summed E-state index contributed by atoms with van der Waals surface area (Å²) in [5, 5.41) is 11.5. The molecule has 0 atom stereocenters. The standard InChI is InChI=1S/C14H7F2N5O/c15-10-3-1-8(5-11(10)16)14-18-13(20-22-14)9-2-4-12-19-17-7-21(12)6-9/h1-7H. The number of halogens is 2. The summed E-state index contributed by atoms with van der Waals surface area (Å²) in [7, 11) is 0. The first-order valence-electron chi connectivity index (χ1n) is 6.29. The zero-order valence-electron chi connectivity index (χ0n) is 10.9. The van der Waals surface area contributed by atoms with Crippen molar-refractivity contribution in [2.45, 2.75) is 0 Å². The first kappa shape index (κ1) is 12.6. The van der Waals surface area contributed by atoms with Crippen LogP contribution in [0.2, 0.25) is 0 Å². The van der Waals surface area contributed by atoms with Crippen molar-refractivity contribution in [3.63, 3.8) is 0 Å². The van der Waals surface area contributed by atoms with Crippen LogP contribution in [0.1, 0.15) is 0 Å². The Kier molecular flexibility index (Phi) is 2.68. The van der Waals surface area contributed by atoms with Gasteiger partial charge in [-0.15, -0.1) is 10.2 Å². The van der Waals surface area contributed by atoms with Crippen molar-refractivity contribution in [3.05, 3.63) is 54.5 Å². The molecule has 0 fully saturated rings. The molecule has 3 heterocycles. The summed E-state index contributed by atoms with van der Waals surface area (Å²) in [6.07, 6.45) is 3.30. The zero-order valence-corrected chi connectivity index (χ0v) is 10.9. The maximum Gasteiger partial charge on any atom is 0.258 e. The SMILES string of the molecule is Fc1ccc(-c2nc(-c3ccc4nncn4c3)no2)cc1F. The molecular formula is C14H7F2N5O. The number of nitrogens with zero attached hydrogens (tertiary/aromatic N) is 5. The molecule has 0 saturated heterocycles. The molecule has 22 heavy (non-hydrogen) atoms. The molecule has 6 nitrogen and oxygen atoms in total. The third kappa shape index (κ3) is 2.01. The summed E-state index contributed by atoms with van der Waals surface area (Å²) in [6, 6.07) is 6.92. The Morgan fingerprint density at radius 1 is 1.00 bits per heavy atom. The Balaban J connectivity index is 1.75. The lowest BCUT2D eigenvalue weighted by atomic mass is 10.2. The second-order valence-electron chi connectivity index (χ2n) is 4.57. The van der Waals surface area contributed by atoms with Gasteiger partial charge in [-0.1, -0.05) is 5.16 Å². The summed E-state index contributed by atoms with van der Waals surface area (Å²) in [5.41, 5.74) is 1.68. The average molecular weight is 299 g/mol. The predicted octanol–water partition coefficient (Wildman–Crippen LogP) is 2.72. The monoisotopic (exact) mass is 299 g/mol. The van der Waals surface area contributed by atoms with Crippen LogP contribution in [0.3, 0.4) is 0 Å². The van der Waals surface area contributed by atoms with Crippen LogP contribution in [-0.4, -0.2) is 24.7 Å². The fourth-order valence-corrected chi connectivity index (χ4v) is 2.05. The van der Waals surface area contributed by atoms with E-state index >= 15 is 0 Å². The summed E-state index contributed by atoms with van der Waals surface area (Å²) in [4.78, 5) is 4.19. The summed E-state index contributed by atoms with van der Waals surface area (Å²) >= 11 is 0. The fraction of sp³-hybridized carbons (Fsp3) is 0. The normalized spacial score (nSPS) is 11.2. The largest absolute Gasteiger partial charge is 0.334 e. The van der Waals surface area contributed by atoms with Gasteiger partial charge < -0.3 is 4.52 Å². The predicted molar refractivity (Wildman–Crippen MR) is 71.6 cm³/mol. The van der Waals surface area contributed by atoms with E-state index in [9.17, 15) is 8.78 Å². The molecule has 0 radical (unpaired) electrons. The molecule has 4 rings (SSSR count). The van der Waals surface area contributed by atoms with Crippen molar-refractivity contribution in [1.29, 1.82) is 0 Å². The highest BCUT2D eigenvalue weighted by molar-refractivity contribution is 5.60. The number of fused-ring (bicyclic) bond motifs is 1. The van der Waals surface area contributed by atoms with E-state index in [1.165, 1.54) is 6.07 Å². The number of benzene rings is 1. The van der Waals surface area contributed by atoms with E-state index in [1.807, 2.05) is 0 Å². The second-order valence-corrected chi connectivity index (χ2v) is 4.57. The van der Waals surface area contributed by atoms with Crippen molar-refractivity contribution in [3.8, 4) is 22.8 Å². The van der Waals surface area contributed by atoms with Gasteiger partial charge in [0, 0.05) is 17.3 Å². The maximum absolute atomic E-state index is 13.3. The van der Waals surface area contributed by atoms with Crippen LogP contribution in [0, 0.1) is 11.6 Å². The lowest BCUT2D eigenvalue weighted by Crippen LogP contribution is -1.88. The van der Waals surface area contributed by atoms with Crippen LogP contribution in [0.15, 0.2) is 47.4 Å². The van der Waals surface area contributed by atoms with E-state index in [1.54, 1.807) is 29.1 Å². The third-order valence-corrected chi connectivity index (χ3v) is 3.14. The van der Waals surface area contributed by atoms with Crippen LogP contribution in [-0.2, 0) is 0 Å². The van der Waals surface area contributed by atoms with E-state index in [4.69, 9.17) is 4.52 Å². The molecule has 8 heteroatoms. The van der Waals surface area contributed by atoms with Gasteiger partial charge in [0.2, 0.25) is 5.82 Å². The van der Waals surface area contributed by atoms with E-state index in [0.29, 0.717) is 22.6 Å². The number of hydrogen-bond donors (Lipinski definition) is 0. The van der Waals surface area contributed by atoms with Crippen molar-refractivity contribution in [2.24, 2.45) is 0 Å². The van der Waals surface area contributed by atoms with Gasteiger partial charge in [0.15, 0.2) is 17.3 Å². The van der Waals surface area contributed by atoms with Gasteiger partial charge in [-0.3, -0.25) is 4.40 Å². The smallest absolute Gasteiger partial charge is 0.258 e. The Bertz CT molecular complexity index is 978. The van der Waals surface area contributed by atoms with Crippen LogP contribution in [0.25, 0.3) is 28.5 Å². The molecular weight excluding hydrogens is 292 g/mol. The van der Waals surface area contributed by atoms with Gasteiger partial charge in [-0.2, -0.15) is 4.98 Å². The molecule has 0 unspecified atom stereocenters. The topological polar surface area (TPSA) is 69.1 Å². The number of rotatable bonds is 2. The van der Waals surface area contributed by atoms with Gasteiger partial charge >= 0.3 is 0 Å². The summed E-state index contributed by atoms with van der Waals surface area (Å²) in [6.45, 7) is 0. The summed E-state index contributed by atoms with van der Waals surface area (Å²) < 4.78 is 33.0. The van der Waals surface area contributed by atoms with E-state index < -0.39 is 11.6 Å². The number of hydrogen-bond acceptors (Lipinski definition) is 5. The molecule has 0 aliphatic heterocycles. The van der Waals surface area contributed by atoms with Gasteiger partial charge in [0.1, 0.15) is 6.33 Å². The number of pyridine rings is 1. The molecule has 0 spiro atoms. The van der Waals surface area contributed by atoms with Crippen LogP contribution in [0.4, 0.5) is 8.78 Å². The highest BCUT2D eigenvalue weighted by Crippen LogP contribution is 2.23. The third-order valence-electron chi connectivity index (χ3n) is 3.14. The van der Waals surface area contributed by atoms with Gasteiger partial charge in [0.25, 0.3) is 5.89 Å². The van der Waals surface area contributed by atoms with E-state index in [0.717, 1.165) is 12.1 Å². The fourth-order valence-electron chi connectivity index (χ4n) is 2.05. The molecule has 0 amide bonds. The Labute approximate surface area is 122 Å². The summed E-state index contributed by atoms with van der Waals surface area (Å²) in [5.74, 6) is -1.46. The van der Waals surface area contributed by atoms with Gasteiger partial charge in [0.05, 0.1) is 0 Å². The molecule has 1 aromatic carbocycles. The van der Waals surface area contributed by atoms with Crippen molar-refractivity contribution in [1.82, 2.24) is 24.7 Å². The molecule has 3 aromatic heterocycles. The van der Waals surface area contributed by atoms with Crippen LogP contribution >= 0.6 is 0 Å². The minimum Gasteiger partial charge on any atom is -0.334 e. The molecule has 0 bridgehead atoms. The Hall–Kier alpha value is -3.16. The quantitative estimate of drug-likeness (QED) is 0.569. The highest BCUT2D eigenvalue weighted by atomic mass is 19.2. The molecule has 0 aliphatic carbocycles. The molecule has 0 N–H and O–H groups in total. The zero-order chi connectivity index (χ0) is 15.1. The maximum atomic E-state index is 13.3. The average Bonchev–Trinajstić information content (AvgIpc) is 3.17. The van der Waals surface area contributed by atoms with Crippen molar-refractivity contribution < 1.29 is 13.3 Å². The van der Waals surface area contributed by atoms with Gasteiger partial charge in [-0.25, -0.2) is 8.78 Å².